The fourth-order valence-corrected chi connectivity index (χ4v) is 1.65. The van der Waals surface area contributed by atoms with Crippen molar-refractivity contribution in [3.63, 3.8) is 0 Å². The number of ether oxygens (including phenoxy) is 2. The quantitative estimate of drug-likeness (QED) is 0.390. The predicted octanol–water partition coefficient (Wildman–Crippen LogP) is 1.94. The molecule has 6 heteroatoms. The van der Waals surface area contributed by atoms with Crippen LogP contribution in [0.1, 0.15) is 19.4 Å². The van der Waals surface area contributed by atoms with Crippen LogP contribution in [0.3, 0.4) is 0 Å². The largest absolute Gasteiger partial charge is 0.419 e. The summed E-state index contributed by atoms with van der Waals surface area (Å²) >= 11 is 0. The number of anilines is 1. The van der Waals surface area contributed by atoms with Crippen LogP contribution in [0.5, 0.6) is 0 Å². The predicted molar refractivity (Wildman–Crippen MR) is 72.3 cm³/mol. The Balaban J connectivity index is 2.20. The van der Waals surface area contributed by atoms with Gasteiger partial charge >= 0.3 is 11.9 Å². The molecule has 0 atom stereocenters. The van der Waals surface area contributed by atoms with E-state index in [1.807, 2.05) is 0 Å². The average Bonchev–Trinajstić information content (AvgIpc) is 2.37. The van der Waals surface area contributed by atoms with E-state index in [1.54, 1.807) is 0 Å². The molecule has 0 amide bonds. The van der Waals surface area contributed by atoms with Gasteiger partial charge in [-0.1, -0.05) is 5.92 Å². The first-order valence-electron chi connectivity index (χ1n) is 6.02. The van der Waals surface area contributed by atoms with Crippen molar-refractivity contribution in [2.45, 2.75) is 19.6 Å². The minimum absolute atomic E-state index is 0.0620. The lowest BCUT2D eigenvalue weighted by molar-refractivity contribution is -0.222. The molecule has 1 saturated heterocycles. The second-order valence-electron chi connectivity index (χ2n) is 4.72. The van der Waals surface area contributed by atoms with Crippen molar-refractivity contribution >= 4 is 17.6 Å². The molecule has 5 nitrogen and oxygen atoms in total. The van der Waals surface area contributed by atoms with Crippen molar-refractivity contribution < 1.29 is 23.5 Å². The summed E-state index contributed by atoms with van der Waals surface area (Å²) in [5, 5.41) is 2.51. The molecule has 1 fully saturated rings. The lowest BCUT2D eigenvalue weighted by atomic mass is 10.2. The summed E-state index contributed by atoms with van der Waals surface area (Å²) in [6, 6.07) is 4.07. The standard InChI is InChI=1S/C15H12FNO4/c1-4-9-5-6-12(11(16)7-9)17-8-10-13(18)20-15(2,3)21-14(10)19/h1,5-8,17H,2-3H3. The number of esters is 2. The van der Waals surface area contributed by atoms with E-state index in [1.165, 1.54) is 26.0 Å². The molecular weight excluding hydrogens is 277 g/mol. The van der Waals surface area contributed by atoms with Gasteiger partial charge in [0.05, 0.1) is 5.69 Å². The lowest BCUT2D eigenvalue weighted by Gasteiger charge is -2.29. The van der Waals surface area contributed by atoms with Gasteiger partial charge in [0.15, 0.2) is 5.57 Å². The van der Waals surface area contributed by atoms with Gasteiger partial charge in [-0.2, -0.15) is 0 Å². The van der Waals surface area contributed by atoms with Crippen LogP contribution in [0.4, 0.5) is 10.1 Å². The van der Waals surface area contributed by atoms with Crippen LogP contribution in [0.25, 0.3) is 0 Å². The number of nitrogens with one attached hydrogen (secondary N) is 1. The number of cyclic esters (lactones) is 2. The topological polar surface area (TPSA) is 64.6 Å². The summed E-state index contributed by atoms with van der Waals surface area (Å²) in [6.45, 7) is 2.87. The minimum atomic E-state index is -1.31. The second kappa shape index (κ2) is 5.29. The fraction of sp³-hybridized carbons (Fsp3) is 0.200. The summed E-state index contributed by atoms with van der Waals surface area (Å²) in [4.78, 5) is 23.4. The third-order valence-corrected chi connectivity index (χ3v) is 2.62. The van der Waals surface area contributed by atoms with Crippen LogP contribution < -0.4 is 5.32 Å². The van der Waals surface area contributed by atoms with Crippen LogP contribution in [0, 0.1) is 18.2 Å². The first-order valence-corrected chi connectivity index (χ1v) is 6.02. The number of carbonyl (C=O) groups is 2. The molecule has 21 heavy (non-hydrogen) atoms. The molecule has 0 bridgehead atoms. The third-order valence-electron chi connectivity index (χ3n) is 2.62. The van der Waals surface area contributed by atoms with E-state index in [9.17, 15) is 14.0 Å². The number of carbonyl (C=O) groups excluding carboxylic acids is 2. The Morgan fingerprint density at radius 2 is 1.90 bits per heavy atom. The third kappa shape index (κ3) is 3.20. The number of hydrogen-bond donors (Lipinski definition) is 1. The van der Waals surface area contributed by atoms with Crippen molar-refractivity contribution in [3.8, 4) is 12.3 Å². The van der Waals surface area contributed by atoms with Gasteiger partial charge in [-0.3, -0.25) is 0 Å². The maximum absolute atomic E-state index is 13.7. The number of benzene rings is 1. The van der Waals surface area contributed by atoms with Crippen molar-refractivity contribution in [2.24, 2.45) is 0 Å². The molecule has 0 radical (unpaired) electrons. The second-order valence-corrected chi connectivity index (χ2v) is 4.72. The van der Waals surface area contributed by atoms with E-state index in [0.29, 0.717) is 5.56 Å². The van der Waals surface area contributed by atoms with Gasteiger partial charge in [0, 0.05) is 25.6 Å². The summed E-state index contributed by atoms with van der Waals surface area (Å²) in [6.07, 6.45) is 6.19. The Kier molecular flexibility index (Phi) is 3.68. The molecule has 1 aromatic carbocycles. The lowest BCUT2D eigenvalue weighted by Crippen LogP contribution is -2.42. The molecule has 0 unspecified atom stereocenters. The summed E-state index contributed by atoms with van der Waals surface area (Å²) in [5.41, 5.74) is 0.0885. The Morgan fingerprint density at radius 1 is 1.29 bits per heavy atom. The van der Waals surface area contributed by atoms with E-state index in [4.69, 9.17) is 15.9 Å². The first-order chi connectivity index (χ1) is 9.82. The number of halogens is 1. The van der Waals surface area contributed by atoms with Crippen molar-refractivity contribution in [2.75, 3.05) is 5.32 Å². The number of rotatable bonds is 2. The SMILES string of the molecule is C#Cc1ccc(NC=C2C(=O)OC(C)(C)OC2=O)c(F)c1. The molecule has 0 aliphatic carbocycles. The molecule has 0 aromatic heterocycles. The van der Waals surface area contributed by atoms with E-state index < -0.39 is 23.5 Å². The molecule has 1 aromatic rings. The smallest absolute Gasteiger partial charge is 0.350 e. The summed E-state index contributed by atoms with van der Waals surface area (Å²) in [5.74, 6) is -1.32. The average molecular weight is 289 g/mol. The Hall–Kier alpha value is -2.81. The van der Waals surface area contributed by atoms with Gasteiger partial charge in [0.2, 0.25) is 0 Å². The Morgan fingerprint density at radius 3 is 2.43 bits per heavy atom. The van der Waals surface area contributed by atoms with Gasteiger partial charge in [0.25, 0.3) is 5.79 Å². The zero-order valence-electron chi connectivity index (χ0n) is 11.4. The van der Waals surface area contributed by atoms with Crippen LogP contribution >= 0.6 is 0 Å². The van der Waals surface area contributed by atoms with Crippen LogP contribution in [0.2, 0.25) is 0 Å². The van der Waals surface area contributed by atoms with Crippen molar-refractivity contribution in [1.29, 1.82) is 0 Å². The molecule has 0 spiro atoms. The molecule has 2 rings (SSSR count). The van der Waals surface area contributed by atoms with E-state index >= 15 is 0 Å². The van der Waals surface area contributed by atoms with Crippen LogP contribution in [0.15, 0.2) is 30.0 Å². The highest BCUT2D eigenvalue weighted by Gasteiger charge is 2.38. The number of hydrogen-bond acceptors (Lipinski definition) is 5. The van der Waals surface area contributed by atoms with Gasteiger partial charge in [-0.15, -0.1) is 6.42 Å². The maximum atomic E-state index is 13.7. The van der Waals surface area contributed by atoms with Gasteiger partial charge < -0.3 is 14.8 Å². The van der Waals surface area contributed by atoms with Crippen molar-refractivity contribution in [3.05, 3.63) is 41.4 Å². The van der Waals surface area contributed by atoms with E-state index in [2.05, 4.69) is 11.2 Å². The van der Waals surface area contributed by atoms with Gasteiger partial charge in [-0.25, -0.2) is 14.0 Å². The van der Waals surface area contributed by atoms with Crippen LogP contribution in [-0.4, -0.2) is 17.7 Å². The van der Waals surface area contributed by atoms with Gasteiger partial charge in [-0.05, 0) is 18.2 Å². The monoisotopic (exact) mass is 289 g/mol. The molecule has 0 saturated carbocycles. The molecule has 1 N–H and O–H groups in total. The fourth-order valence-electron chi connectivity index (χ4n) is 1.65. The normalized spacial score (nSPS) is 16.6. The summed E-state index contributed by atoms with van der Waals surface area (Å²) < 4.78 is 23.5. The van der Waals surface area contributed by atoms with E-state index in [0.717, 1.165) is 12.3 Å². The summed E-state index contributed by atoms with van der Waals surface area (Å²) in [7, 11) is 0. The minimum Gasteiger partial charge on any atom is -0.419 e. The maximum Gasteiger partial charge on any atom is 0.350 e. The van der Waals surface area contributed by atoms with Gasteiger partial charge in [0.1, 0.15) is 5.82 Å². The first kappa shape index (κ1) is 14.6. The molecule has 1 aliphatic heterocycles. The number of terminal acetylenes is 1. The highest BCUT2D eigenvalue weighted by atomic mass is 19.1. The molecule has 1 heterocycles. The molecular formula is C15H12FNO4. The highest BCUT2D eigenvalue weighted by Crippen LogP contribution is 2.23. The Labute approximate surface area is 120 Å². The highest BCUT2D eigenvalue weighted by molar-refractivity contribution is 6.15. The Bertz CT molecular complexity index is 663. The van der Waals surface area contributed by atoms with Crippen molar-refractivity contribution in [1.82, 2.24) is 0 Å². The van der Waals surface area contributed by atoms with Crippen LogP contribution in [-0.2, 0) is 19.1 Å². The zero-order chi connectivity index (χ0) is 15.6. The molecule has 1 aliphatic rings. The molecule has 108 valence electrons. The van der Waals surface area contributed by atoms with E-state index in [-0.39, 0.29) is 11.3 Å². The zero-order valence-corrected chi connectivity index (χ0v) is 11.4.